The lowest BCUT2D eigenvalue weighted by atomic mass is 9.74. The van der Waals surface area contributed by atoms with Gasteiger partial charge in [0, 0.05) is 11.6 Å². The van der Waals surface area contributed by atoms with E-state index in [0.29, 0.717) is 0 Å². The van der Waals surface area contributed by atoms with Crippen molar-refractivity contribution in [2.75, 3.05) is 7.11 Å². The molecule has 0 spiro atoms. The highest BCUT2D eigenvalue weighted by molar-refractivity contribution is 5.83. The molecule has 0 fully saturated rings. The van der Waals surface area contributed by atoms with Gasteiger partial charge in [-0.15, -0.1) is 0 Å². The van der Waals surface area contributed by atoms with Gasteiger partial charge in [-0.05, 0) is 52.7 Å². The van der Waals surface area contributed by atoms with E-state index in [-0.39, 0.29) is 11.9 Å². The SMILES string of the molecule is COc1ccccc1CC(C)NC(=O)C(C)(C)C(C)(C)N. The van der Waals surface area contributed by atoms with E-state index in [4.69, 9.17) is 10.5 Å². The van der Waals surface area contributed by atoms with Crippen molar-refractivity contribution in [1.82, 2.24) is 5.32 Å². The molecule has 4 nitrogen and oxygen atoms in total. The van der Waals surface area contributed by atoms with Crippen molar-refractivity contribution in [2.45, 2.75) is 52.6 Å². The van der Waals surface area contributed by atoms with Crippen LogP contribution in [-0.4, -0.2) is 24.6 Å². The molecule has 1 unspecified atom stereocenters. The number of amides is 1. The van der Waals surface area contributed by atoms with Crippen molar-refractivity contribution in [3.05, 3.63) is 29.8 Å². The Labute approximate surface area is 128 Å². The summed E-state index contributed by atoms with van der Waals surface area (Å²) >= 11 is 0. The van der Waals surface area contributed by atoms with Gasteiger partial charge in [0.2, 0.25) is 5.91 Å². The first-order chi connectivity index (χ1) is 9.59. The van der Waals surface area contributed by atoms with Gasteiger partial charge < -0.3 is 15.8 Å². The molecule has 118 valence electrons. The van der Waals surface area contributed by atoms with Crippen LogP contribution in [0.5, 0.6) is 5.75 Å². The number of benzene rings is 1. The van der Waals surface area contributed by atoms with Gasteiger partial charge in [-0.25, -0.2) is 0 Å². The first kappa shape index (κ1) is 17.5. The fraction of sp³-hybridized carbons (Fsp3) is 0.588. The second-order valence-corrected chi connectivity index (χ2v) is 6.74. The van der Waals surface area contributed by atoms with E-state index in [1.54, 1.807) is 7.11 Å². The van der Waals surface area contributed by atoms with Crippen LogP contribution in [0.15, 0.2) is 24.3 Å². The molecule has 0 bridgehead atoms. The summed E-state index contributed by atoms with van der Waals surface area (Å²) in [5.74, 6) is 0.814. The van der Waals surface area contributed by atoms with E-state index >= 15 is 0 Å². The molecule has 1 aromatic carbocycles. The highest BCUT2D eigenvalue weighted by Crippen LogP contribution is 2.28. The van der Waals surface area contributed by atoms with E-state index in [1.165, 1.54) is 0 Å². The Balaban J connectivity index is 2.74. The topological polar surface area (TPSA) is 64.3 Å². The molecule has 1 atom stereocenters. The molecule has 0 saturated carbocycles. The Bertz CT molecular complexity index is 490. The highest BCUT2D eigenvalue weighted by Gasteiger charge is 2.40. The van der Waals surface area contributed by atoms with Crippen molar-refractivity contribution < 1.29 is 9.53 Å². The molecule has 1 rings (SSSR count). The summed E-state index contributed by atoms with van der Waals surface area (Å²) in [5.41, 5.74) is 5.97. The van der Waals surface area contributed by atoms with Crippen LogP contribution in [0.25, 0.3) is 0 Å². The van der Waals surface area contributed by atoms with Crippen LogP contribution >= 0.6 is 0 Å². The summed E-state index contributed by atoms with van der Waals surface area (Å²) in [6.07, 6.45) is 0.719. The fourth-order valence-electron chi connectivity index (χ4n) is 1.95. The predicted molar refractivity (Wildman–Crippen MR) is 86.4 cm³/mol. The lowest BCUT2D eigenvalue weighted by Crippen LogP contribution is -2.56. The number of carbonyl (C=O) groups is 1. The van der Waals surface area contributed by atoms with Gasteiger partial charge in [-0.3, -0.25) is 4.79 Å². The zero-order valence-corrected chi connectivity index (χ0v) is 14.0. The molecule has 1 amide bonds. The van der Waals surface area contributed by atoms with E-state index < -0.39 is 11.0 Å². The Morgan fingerprint density at radius 3 is 2.38 bits per heavy atom. The van der Waals surface area contributed by atoms with Crippen molar-refractivity contribution in [3.8, 4) is 5.75 Å². The van der Waals surface area contributed by atoms with Crippen LogP contribution in [0.4, 0.5) is 0 Å². The van der Waals surface area contributed by atoms with E-state index in [0.717, 1.165) is 17.7 Å². The van der Waals surface area contributed by atoms with E-state index in [2.05, 4.69) is 5.32 Å². The number of carbonyl (C=O) groups excluding carboxylic acids is 1. The molecule has 0 saturated heterocycles. The van der Waals surface area contributed by atoms with Crippen molar-refractivity contribution in [1.29, 1.82) is 0 Å². The second kappa shape index (κ2) is 6.48. The standard InChI is InChI=1S/C17H28N2O2/c1-12(11-13-9-7-8-10-14(13)21-6)19-15(20)16(2,3)17(4,5)18/h7-10,12H,11,18H2,1-6H3,(H,19,20). The molecular weight excluding hydrogens is 264 g/mol. The Hall–Kier alpha value is -1.55. The zero-order valence-electron chi connectivity index (χ0n) is 14.0. The third-order valence-electron chi connectivity index (χ3n) is 4.27. The molecular formula is C17H28N2O2. The molecule has 21 heavy (non-hydrogen) atoms. The van der Waals surface area contributed by atoms with Crippen LogP contribution in [0.3, 0.4) is 0 Å². The number of nitrogens with one attached hydrogen (secondary N) is 1. The largest absolute Gasteiger partial charge is 0.496 e. The predicted octanol–water partition coefficient (Wildman–Crippen LogP) is 2.51. The van der Waals surface area contributed by atoms with Crippen LogP contribution in [0.1, 0.15) is 40.2 Å². The number of hydrogen-bond acceptors (Lipinski definition) is 3. The quantitative estimate of drug-likeness (QED) is 0.846. The minimum Gasteiger partial charge on any atom is -0.496 e. The van der Waals surface area contributed by atoms with Crippen molar-refractivity contribution in [2.24, 2.45) is 11.1 Å². The minimum atomic E-state index is -0.637. The molecule has 3 N–H and O–H groups in total. The number of rotatable bonds is 6. The van der Waals surface area contributed by atoms with Crippen molar-refractivity contribution in [3.63, 3.8) is 0 Å². The van der Waals surface area contributed by atoms with Gasteiger partial charge >= 0.3 is 0 Å². The minimum absolute atomic E-state index is 0.00965. The average Bonchev–Trinajstić information content (AvgIpc) is 2.37. The third kappa shape index (κ3) is 4.21. The van der Waals surface area contributed by atoms with Crippen LogP contribution in [0.2, 0.25) is 0 Å². The Morgan fingerprint density at radius 1 is 1.29 bits per heavy atom. The summed E-state index contributed by atoms with van der Waals surface area (Å²) in [7, 11) is 1.65. The molecule has 0 aliphatic rings. The van der Waals surface area contributed by atoms with Gasteiger partial charge in [0.25, 0.3) is 0 Å². The number of nitrogens with two attached hydrogens (primary N) is 1. The van der Waals surface area contributed by atoms with Gasteiger partial charge in [-0.2, -0.15) is 0 Å². The van der Waals surface area contributed by atoms with Gasteiger partial charge in [0.05, 0.1) is 12.5 Å². The molecule has 0 aliphatic heterocycles. The lowest BCUT2D eigenvalue weighted by molar-refractivity contribution is -0.132. The summed E-state index contributed by atoms with van der Waals surface area (Å²) in [4.78, 5) is 12.4. The normalized spacial score (nSPS) is 13.7. The van der Waals surface area contributed by atoms with Gasteiger partial charge in [0.15, 0.2) is 0 Å². The summed E-state index contributed by atoms with van der Waals surface area (Å²) in [6.45, 7) is 9.48. The molecule has 0 aromatic heterocycles. The first-order valence-corrected chi connectivity index (χ1v) is 7.31. The number of ether oxygens (including phenoxy) is 1. The van der Waals surface area contributed by atoms with Crippen LogP contribution < -0.4 is 15.8 Å². The highest BCUT2D eigenvalue weighted by atomic mass is 16.5. The maximum atomic E-state index is 12.4. The maximum Gasteiger partial charge on any atom is 0.227 e. The summed E-state index contributed by atoms with van der Waals surface area (Å²) in [6, 6.07) is 7.86. The molecule has 1 aromatic rings. The maximum absolute atomic E-state index is 12.4. The van der Waals surface area contributed by atoms with E-state index in [1.807, 2.05) is 58.9 Å². The van der Waals surface area contributed by atoms with Gasteiger partial charge in [-0.1, -0.05) is 18.2 Å². The number of methoxy groups -OCH3 is 1. The molecule has 0 heterocycles. The summed E-state index contributed by atoms with van der Waals surface area (Å²) < 4.78 is 5.34. The number of para-hydroxylation sites is 1. The monoisotopic (exact) mass is 292 g/mol. The van der Waals surface area contributed by atoms with Crippen LogP contribution in [-0.2, 0) is 11.2 Å². The van der Waals surface area contributed by atoms with Crippen molar-refractivity contribution >= 4 is 5.91 Å². The molecule has 4 heteroatoms. The number of hydrogen-bond donors (Lipinski definition) is 2. The van der Waals surface area contributed by atoms with E-state index in [9.17, 15) is 4.79 Å². The molecule has 0 aliphatic carbocycles. The second-order valence-electron chi connectivity index (χ2n) is 6.74. The Kier molecular flexibility index (Phi) is 5.40. The lowest BCUT2D eigenvalue weighted by Gasteiger charge is -2.37. The molecule has 0 radical (unpaired) electrons. The van der Waals surface area contributed by atoms with Crippen LogP contribution in [0, 0.1) is 5.41 Å². The first-order valence-electron chi connectivity index (χ1n) is 7.31. The zero-order chi connectivity index (χ0) is 16.3. The fourth-order valence-corrected chi connectivity index (χ4v) is 1.95. The average molecular weight is 292 g/mol. The third-order valence-corrected chi connectivity index (χ3v) is 4.27. The van der Waals surface area contributed by atoms with Gasteiger partial charge in [0.1, 0.15) is 5.75 Å². The summed E-state index contributed by atoms with van der Waals surface area (Å²) in [5, 5.41) is 3.05. The Morgan fingerprint density at radius 2 is 1.86 bits per heavy atom. The smallest absolute Gasteiger partial charge is 0.227 e.